The quantitative estimate of drug-likeness (QED) is 0.307. The molecular weight excluding hydrogens is 472 g/mol. The van der Waals surface area contributed by atoms with Crippen LogP contribution in [0, 0.1) is 5.82 Å². The summed E-state index contributed by atoms with van der Waals surface area (Å²) in [5, 5.41) is 6.54. The number of hydrogen-bond donors (Lipinski definition) is 2. The third-order valence-electron chi connectivity index (χ3n) is 3.89. The molecule has 2 aromatic rings. The average Bonchev–Trinajstić information content (AvgIpc) is 2.68. The summed E-state index contributed by atoms with van der Waals surface area (Å²) in [4.78, 5) is 4.60. The van der Waals surface area contributed by atoms with Crippen molar-refractivity contribution in [3.05, 3.63) is 65.0 Å². The summed E-state index contributed by atoms with van der Waals surface area (Å²) in [5.74, 6) is 1.30. The minimum absolute atomic E-state index is 0. The van der Waals surface area contributed by atoms with Crippen molar-refractivity contribution in [3.8, 4) is 5.75 Å². The molecule has 0 fully saturated rings. The molecule has 0 heterocycles. The fourth-order valence-electron chi connectivity index (χ4n) is 2.63. The maximum Gasteiger partial charge on any atom is 0.191 e. The normalized spacial score (nSPS) is 10.9. The molecular formula is C21H29FIN3O2. The van der Waals surface area contributed by atoms with Gasteiger partial charge in [0.2, 0.25) is 0 Å². The first-order valence-corrected chi connectivity index (χ1v) is 9.17. The second-order valence-electron chi connectivity index (χ2n) is 5.95. The van der Waals surface area contributed by atoms with Crippen LogP contribution < -0.4 is 15.4 Å². The Kier molecular flexibility index (Phi) is 11.5. The van der Waals surface area contributed by atoms with Crippen molar-refractivity contribution in [2.45, 2.75) is 33.5 Å². The lowest BCUT2D eigenvalue weighted by molar-refractivity contribution is 0.181. The van der Waals surface area contributed by atoms with E-state index in [1.165, 1.54) is 6.07 Å². The number of para-hydroxylation sites is 1. The van der Waals surface area contributed by atoms with E-state index < -0.39 is 0 Å². The topological polar surface area (TPSA) is 54.9 Å². The van der Waals surface area contributed by atoms with Crippen LogP contribution in [0.5, 0.6) is 5.75 Å². The molecule has 0 bridgehead atoms. The summed E-state index contributed by atoms with van der Waals surface area (Å²) in [5.41, 5.74) is 2.53. The van der Waals surface area contributed by atoms with E-state index in [9.17, 15) is 4.39 Å². The van der Waals surface area contributed by atoms with Gasteiger partial charge in [-0.05, 0) is 37.6 Å². The third kappa shape index (κ3) is 7.63. The zero-order valence-electron chi connectivity index (χ0n) is 16.6. The molecule has 0 saturated heterocycles. The molecule has 0 aliphatic heterocycles. The lowest BCUT2D eigenvalue weighted by atomic mass is 10.1. The van der Waals surface area contributed by atoms with Crippen LogP contribution in [0.15, 0.2) is 47.5 Å². The Hall–Kier alpha value is -1.87. The highest BCUT2D eigenvalue weighted by Crippen LogP contribution is 2.17. The first kappa shape index (κ1) is 24.2. The van der Waals surface area contributed by atoms with Crippen molar-refractivity contribution < 1.29 is 13.9 Å². The SMILES string of the molecule is CCNC(=NCc1ccc(F)c(COC)c1)NCc1ccccc1OCC.I. The highest BCUT2D eigenvalue weighted by molar-refractivity contribution is 14.0. The molecule has 0 amide bonds. The molecule has 2 N–H and O–H groups in total. The van der Waals surface area contributed by atoms with Crippen molar-refractivity contribution in [3.63, 3.8) is 0 Å². The number of rotatable bonds is 9. The summed E-state index contributed by atoms with van der Waals surface area (Å²) in [7, 11) is 1.55. The van der Waals surface area contributed by atoms with Gasteiger partial charge in [-0.2, -0.15) is 0 Å². The Morgan fingerprint density at radius 2 is 1.86 bits per heavy atom. The Balaban J connectivity index is 0.00000392. The minimum atomic E-state index is -0.262. The van der Waals surface area contributed by atoms with Gasteiger partial charge < -0.3 is 20.1 Å². The van der Waals surface area contributed by atoms with Gasteiger partial charge in [-0.25, -0.2) is 9.38 Å². The summed E-state index contributed by atoms with van der Waals surface area (Å²) >= 11 is 0. The van der Waals surface area contributed by atoms with E-state index >= 15 is 0 Å². The van der Waals surface area contributed by atoms with Gasteiger partial charge in [-0.3, -0.25) is 0 Å². The number of nitrogens with zero attached hydrogens (tertiary/aromatic N) is 1. The second-order valence-corrected chi connectivity index (χ2v) is 5.95. The van der Waals surface area contributed by atoms with Crippen molar-refractivity contribution in [1.29, 1.82) is 0 Å². The monoisotopic (exact) mass is 501 g/mol. The minimum Gasteiger partial charge on any atom is -0.494 e. The van der Waals surface area contributed by atoms with Gasteiger partial charge in [-0.15, -0.1) is 24.0 Å². The van der Waals surface area contributed by atoms with Crippen molar-refractivity contribution in [1.82, 2.24) is 10.6 Å². The maximum atomic E-state index is 13.7. The van der Waals surface area contributed by atoms with Crippen molar-refractivity contribution in [2.75, 3.05) is 20.3 Å². The number of ether oxygens (including phenoxy) is 2. The molecule has 7 heteroatoms. The number of hydrogen-bond acceptors (Lipinski definition) is 3. The van der Waals surface area contributed by atoms with Crippen LogP contribution >= 0.6 is 24.0 Å². The van der Waals surface area contributed by atoms with E-state index in [0.717, 1.165) is 23.4 Å². The van der Waals surface area contributed by atoms with Crippen LogP contribution in [-0.2, 0) is 24.4 Å². The van der Waals surface area contributed by atoms with Gasteiger partial charge in [0, 0.05) is 31.3 Å². The number of nitrogens with one attached hydrogen (secondary N) is 2. The zero-order valence-corrected chi connectivity index (χ0v) is 19.0. The molecule has 0 aromatic heterocycles. The van der Waals surface area contributed by atoms with Crippen LogP contribution in [0.1, 0.15) is 30.5 Å². The molecule has 28 heavy (non-hydrogen) atoms. The van der Waals surface area contributed by atoms with Crippen molar-refractivity contribution in [2.24, 2.45) is 4.99 Å². The molecule has 0 aliphatic rings. The van der Waals surface area contributed by atoms with E-state index in [2.05, 4.69) is 15.6 Å². The van der Waals surface area contributed by atoms with Gasteiger partial charge in [0.15, 0.2) is 5.96 Å². The Labute approximate surface area is 183 Å². The molecule has 0 atom stereocenters. The summed E-state index contributed by atoms with van der Waals surface area (Å²) < 4.78 is 24.4. The predicted octanol–water partition coefficient (Wildman–Crippen LogP) is 4.24. The molecule has 0 unspecified atom stereocenters. The number of guanidine groups is 1. The summed E-state index contributed by atoms with van der Waals surface area (Å²) in [6, 6.07) is 12.9. The fourth-order valence-corrected chi connectivity index (χ4v) is 2.63. The molecule has 5 nitrogen and oxygen atoms in total. The molecule has 2 rings (SSSR count). The standard InChI is InChI=1S/C21H28FN3O2.HI/c1-4-23-21(25-14-17-8-6-7-9-20(17)27-5-2)24-13-16-10-11-19(22)18(12-16)15-26-3;/h6-12H,4-5,13-15H2,1-3H3,(H2,23,24,25);1H. The van der Waals surface area contributed by atoms with Crippen LogP contribution in [0.25, 0.3) is 0 Å². The van der Waals surface area contributed by atoms with E-state index in [0.29, 0.717) is 31.2 Å². The molecule has 0 saturated carbocycles. The Morgan fingerprint density at radius 1 is 1.07 bits per heavy atom. The van der Waals surface area contributed by atoms with Crippen molar-refractivity contribution >= 4 is 29.9 Å². The highest BCUT2D eigenvalue weighted by Gasteiger charge is 2.06. The third-order valence-corrected chi connectivity index (χ3v) is 3.89. The second kappa shape index (κ2) is 13.3. The van der Waals surface area contributed by atoms with Gasteiger partial charge in [-0.1, -0.05) is 24.3 Å². The van der Waals surface area contributed by atoms with E-state index in [1.54, 1.807) is 19.2 Å². The van der Waals surface area contributed by atoms with Crippen LogP contribution in [0.2, 0.25) is 0 Å². The van der Waals surface area contributed by atoms with E-state index in [-0.39, 0.29) is 36.4 Å². The maximum absolute atomic E-state index is 13.7. The molecule has 0 radical (unpaired) electrons. The smallest absolute Gasteiger partial charge is 0.191 e. The van der Waals surface area contributed by atoms with Crippen LogP contribution in [0.4, 0.5) is 4.39 Å². The Morgan fingerprint density at radius 3 is 2.57 bits per heavy atom. The van der Waals surface area contributed by atoms with Gasteiger partial charge in [0.1, 0.15) is 11.6 Å². The van der Waals surface area contributed by atoms with Crippen LogP contribution in [-0.4, -0.2) is 26.2 Å². The number of halogens is 2. The van der Waals surface area contributed by atoms with E-state index in [4.69, 9.17) is 9.47 Å². The predicted molar refractivity (Wildman–Crippen MR) is 122 cm³/mol. The highest BCUT2D eigenvalue weighted by atomic mass is 127. The van der Waals surface area contributed by atoms with Gasteiger partial charge in [0.05, 0.1) is 19.8 Å². The lowest BCUT2D eigenvalue weighted by Gasteiger charge is -2.14. The molecule has 0 spiro atoms. The average molecular weight is 501 g/mol. The first-order valence-electron chi connectivity index (χ1n) is 9.17. The molecule has 154 valence electrons. The largest absolute Gasteiger partial charge is 0.494 e. The van der Waals surface area contributed by atoms with Gasteiger partial charge in [0.25, 0.3) is 0 Å². The van der Waals surface area contributed by atoms with Crippen LogP contribution in [0.3, 0.4) is 0 Å². The fraction of sp³-hybridized carbons (Fsp3) is 0.381. The molecule has 0 aliphatic carbocycles. The number of benzene rings is 2. The lowest BCUT2D eigenvalue weighted by Crippen LogP contribution is -2.36. The first-order chi connectivity index (χ1) is 13.2. The zero-order chi connectivity index (χ0) is 19.5. The van der Waals surface area contributed by atoms with E-state index in [1.807, 2.05) is 38.1 Å². The summed E-state index contributed by atoms with van der Waals surface area (Å²) in [6.07, 6.45) is 0. The Bertz CT molecular complexity index is 756. The molecule has 2 aromatic carbocycles. The van der Waals surface area contributed by atoms with Gasteiger partial charge >= 0.3 is 0 Å². The summed E-state index contributed by atoms with van der Waals surface area (Å²) in [6.45, 7) is 6.64. The number of aliphatic imine (C=N–C) groups is 1. The number of methoxy groups -OCH3 is 1.